The fourth-order valence-corrected chi connectivity index (χ4v) is 3.18. The van der Waals surface area contributed by atoms with E-state index in [0.29, 0.717) is 22.2 Å². The minimum absolute atomic E-state index is 0.0531. The smallest absolute Gasteiger partial charge is 0.439 e. The van der Waals surface area contributed by atoms with Gasteiger partial charge in [0, 0.05) is 22.8 Å². The molecule has 2 N–H and O–H groups in total. The van der Waals surface area contributed by atoms with Crippen LogP contribution in [0.5, 0.6) is 0 Å². The van der Waals surface area contributed by atoms with Crippen LogP contribution in [0.1, 0.15) is 17.2 Å². The van der Waals surface area contributed by atoms with E-state index in [0.717, 1.165) is 12.1 Å². The Morgan fingerprint density at radius 3 is 2.23 bits per heavy atom. The first-order chi connectivity index (χ1) is 14.6. The monoisotopic (exact) mass is 456 g/mol. The first-order valence-corrected chi connectivity index (χ1v) is 9.14. The number of hydrogen-bond acceptors (Lipinski definition) is 4. The number of esters is 1. The first-order valence-electron chi connectivity index (χ1n) is 8.76. The topological polar surface area (TPSA) is 65.2 Å². The molecule has 31 heavy (non-hydrogen) atoms. The average Bonchev–Trinajstić information content (AvgIpc) is 2.68. The van der Waals surface area contributed by atoms with Gasteiger partial charge in [-0.2, -0.15) is 13.2 Å². The highest BCUT2D eigenvalue weighted by Crippen LogP contribution is 2.35. The second-order valence-electron chi connectivity index (χ2n) is 6.49. The summed E-state index contributed by atoms with van der Waals surface area (Å²) >= 11 is 5.90. The van der Waals surface area contributed by atoms with Crippen molar-refractivity contribution in [1.29, 1.82) is 0 Å². The molecule has 2 aromatic carbocycles. The van der Waals surface area contributed by atoms with Crippen molar-refractivity contribution in [3.05, 3.63) is 88.7 Å². The average molecular weight is 457 g/mol. The summed E-state index contributed by atoms with van der Waals surface area (Å²) < 4.78 is 70.3. The normalized spacial score (nSPS) is 13.5. The van der Waals surface area contributed by atoms with Crippen LogP contribution in [0.3, 0.4) is 0 Å². The minimum Gasteiger partial charge on any atom is -0.439 e. The number of carbonyl (C=O) groups excluding carboxylic acids is 1. The Kier molecular flexibility index (Phi) is 6.56. The van der Waals surface area contributed by atoms with Crippen LogP contribution in [0.15, 0.2) is 60.8 Å². The molecule has 0 saturated carbocycles. The first kappa shape index (κ1) is 22.6. The third kappa shape index (κ3) is 5.36. The molecule has 4 nitrogen and oxygen atoms in total. The minimum atomic E-state index is -5.31. The number of carbonyl (C=O) groups is 1. The Bertz CT molecular complexity index is 1070. The highest BCUT2D eigenvalue weighted by molar-refractivity contribution is 6.30. The second kappa shape index (κ2) is 8.99. The molecule has 0 aliphatic heterocycles. The zero-order valence-electron chi connectivity index (χ0n) is 15.5. The van der Waals surface area contributed by atoms with E-state index in [1.807, 2.05) is 0 Å². The van der Waals surface area contributed by atoms with Crippen LogP contribution in [0.2, 0.25) is 5.02 Å². The highest BCUT2D eigenvalue weighted by Gasteiger charge is 2.43. The van der Waals surface area contributed by atoms with Gasteiger partial charge in [0.05, 0.1) is 11.6 Å². The summed E-state index contributed by atoms with van der Waals surface area (Å²) in [5.41, 5.74) is 6.65. The van der Waals surface area contributed by atoms with Gasteiger partial charge < -0.3 is 4.74 Å². The molecule has 162 valence electrons. The number of nitrogens with two attached hydrogens (primary N) is 1. The molecule has 0 aliphatic carbocycles. The summed E-state index contributed by atoms with van der Waals surface area (Å²) in [7, 11) is 0. The Morgan fingerprint density at radius 1 is 1.03 bits per heavy atom. The molecule has 0 spiro atoms. The molecule has 0 bridgehead atoms. The van der Waals surface area contributed by atoms with Crippen LogP contribution in [-0.4, -0.2) is 23.4 Å². The van der Waals surface area contributed by atoms with Crippen LogP contribution >= 0.6 is 11.6 Å². The largest absolute Gasteiger partial charge is 0.490 e. The number of hydrogen-bond donors (Lipinski definition) is 1. The summed E-state index contributed by atoms with van der Waals surface area (Å²) in [5.74, 6) is -5.93. The van der Waals surface area contributed by atoms with E-state index < -0.39 is 35.9 Å². The highest BCUT2D eigenvalue weighted by atomic mass is 35.5. The lowest BCUT2D eigenvalue weighted by Crippen LogP contribution is -2.39. The number of alkyl halides is 3. The summed E-state index contributed by atoms with van der Waals surface area (Å²) in [6.07, 6.45) is -5.93. The van der Waals surface area contributed by atoms with Gasteiger partial charge in [0.15, 0.2) is 6.23 Å². The Balaban J connectivity index is 2.15. The molecule has 0 radical (unpaired) electrons. The van der Waals surface area contributed by atoms with Gasteiger partial charge in [-0.1, -0.05) is 29.8 Å². The van der Waals surface area contributed by atoms with E-state index in [2.05, 4.69) is 9.72 Å². The molecule has 1 aromatic heterocycles. The summed E-state index contributed by atoms with van der Waals surface area (Å²) in [4.78, 5) is 15.5. The van der Waals surface area contributed by atoms with Crippen LogP contribution in [0.4, 0.5) is 22.0 Å². The van der Waals surface area contributed by atoms with Gasteiger partial charge in [-0.05, 0) is 41.5 Å². The molecule has 0 amide bonds. The fraction of sp³-hybridized carbons (Fsp3) is 0.143. The zero-order chi connectivity index (χ0) is 22.8. The molecule has 10 heteroatoms. The van der Waals surface area contributed by atoms with Crippen molar-refractivity contribution in [2.75, 3.05) is 0 Å². The van der Waals surface area contributed by atoms with E-state index in [1.54, 1.807) is 36.4 Å². The lowest BCUT2D eigenvalue weighted by Gasteiger charge is -2.26. The number of aromatic nitrogens is 1. The maximum Gasteiger partial charge on any atom is 0.490 e. The maximum absolute atomic E-state index is 13.9. The Hall–Kier alpha value is -3.04. The number of halogens is 6. The molecular weight excluding hydrogens is 443 g/mol. The lowest BCUT2D eigenvalue weighted by molar-refractivity contribution is -0.205. The number of nitrogens with zero attached hydrogens (tertiary/aromatic N) is 1. The van der Waals surface area contributed by atoms with Crippen LogP contribution in [-0.2, 0) is 9.53 Å². The zero-order valence-corrected chi connectivity index (χ0v) is 16.3. The maximum atomic E-state index is 13.9. The van der Waals surface area contributed by atoms with E-state index >= 15 is 0 Å². The lowest BCUT2D eigenvalue weighted by atomic mass is 9.88. The van der Waals surface area contributed by atoms with Crippen molar-refractivity contribution in [3.63, 3.8) is 0 Å². The van der Waals surface area contributed by atoms with Crippen molar-refractivity contribution in [1.82, 2.24) is 4.98 Å². The third-order valence-electron chi connectivity index (χ3n) is 4.34. The van der Waals surface area contributed by atoms with Gasteiger partial charge >= 0.3 is 12.1 Å². The predicted octanol–water partition coefficient (Wildman–Crippen LogP) is 5.20. The van der Waals surface area contributed by atoms with Crippen molar-refractivity contribution in [3.8, 4) is 11.1 Å². The van der Waals surface area contributed by atoms with Gasteiger partial charge in [-0.25, -0.2) is 13.6 Å². The molecule has 2 atom stereocenters. The van der Waals surface area contributed by atoms with E-state index in [4.69, 9.17) is 17.3 Å². The van der Waals surface area contributed by atoms with Gasteiger partial charge in [-0.15, -0.1) is 0 Å². The summed E-state index contributed by atoms with van der Waals surface area (Å²) in [6.45, 7) is 0. The van der Waals surface area contributed by atoms with E-state index in [9.17, 15) is 26.7 Å². The Morgan fingerprint density at radius 2 is 1.65 bits per heavy atom. The molecule has 3 aromatic rings. The molecule has 1 unspecified atom stereocenters. The molecule has 3 rings (SSSR count). The Labute approximate surface area is 178 Å². The number of rotatable bonds is 5. The van der Waals surface area contributed by atoms with Gasteiger partial charge in [0.25, 0.3) is 0 Å². The standard InChI is InChI=1S/C21H14ClF5N2O2/c22-13-5-3-11(4-6-13)16-2-1-7-29-18(16)17(12-8-14(23)10-15(24)9-12)19(28)31-20(30)21(25,26)27/h1-10,17,19H,28H2/t17-,19?/m1/s1. The molecule has 0 fully saturated rings. The van der Waals surface area contributed by atoms with Crippen LogP contribution in [0, 0.1) is 11.6 Å². The molecule has 1 heterocycles. The van der Waals surface area contributed by atoms with Crippen molar-refractivity contribution < 1.29 is 31.5 Å². The van der Waals surface area contributed by atoms with Crippen LogP contribution < -0.4 is 5.73 Å². The van der Waals surface area contributed by atoms with Gasteiger partial charge in [0.1, 0.15) is 11.6 Å². The molecule has 0 aliphatic rings. The van der Waals surface area contributed by atoms with Crippen molar-refractivity contribution in [2.45, 2.75) is 18.3 Å². The van der Waals surface area contributed by atoms with Gasteiger partial charge in [0.2, 0.25) is 0 Å². The quantitative estimate of drug-likeness (QED) is 0.325. The number of ether oxygens (including phenoxy) is 1. The van der Waals surface area contributed by atoms with Crippen molar-refractivity contribution in [2.24, 2.45) is 5.73 Å². The number of benzene rings is 2. The second-order valence-corrected chi connectivity index (χ2v) is 6.93. The summed E-state index contributed by atoms with van der Waals surface area (Å²) in [5, 5.41) is 0.439. The third-order valence-corrected chi connectivity index (χ3v) is 4.59. The molecular formula is C21H14ClF5N2O2. The predicted molar refractivity (Wildman–Crippen MR) is 103 cm³/mol. The van der Waals surface area contributed by atoms with E-state index in [1.165, 1.54) is 6.20 Å². The van der Waals surface area contributed by atoms with Crippen LogP contribution in [0.25, 0.3) is 11.1 Å². The van der Waals surface area contributed by atoms with Crippen molar-refractivity contribution >= 4 is 17.6 Å². The fourth-order valence-electron chi connectivity index (χ4n) is 3.06. The van der Waals surface area contributed by atoms with Gasteiger partial charge in [-0.3, -0.25) is 10.7 Å². The number of pyridine rings is 1. The summed E-state index contributed by atoms with van der Waals surface area (Å²) in [6, 6.07) is 11.9. The SMILES string of the molecule is NC(OC(=O)C(F)(F)F)[C@H](c1cc(F)cc(F)c1)c1ncccc1-c1ccc(Cl)cc1. The van der Waals surface area contributed by atoms with E-state index in [-0.39, 0.29) is 11.3 Å². The molecule has 0 saturated heterocycles.